The summed E-state index contributed by atoms with van der Waals surface area (Å²) in [5.74, 6) is -4.70. The Hall–Kier alpha value is -2.87. The highest BCUT2D eigenvalue weighted by atomic mass is 32.2. The maximum atomic E-state index is 13.0. The van der Waals surface area contributed by atoms with Gasteiger partial charge in [-0.2, -0.15) is 11.8 Å². The summed E-state index contributed by atoms with van der Waals surface area (Å²) in [6.07, 6.45) is 1.78. The van der Waals surface area contributed by atoms with Gasteiger partial charge in [0.15, 0.2) is 0 Å². The Morgan fingerprint density at radius 2 is 1.62 bits per heavy atom. The fourth-order valence-corrected chi connectivity index (χ4v) is 3.72. The molecule has 0 bridgehead atoms. The molecule has 0 spiro atoms. The first kappa shape index (κ1) is 27.2. The van der Waals surface area contributed by atoms with Crippen molar-refractivity contribution < 1.29 is 33.9 Å². The van der Waals surface area contributed by atoms with Crippen LogP contribution in [-0.2, 0) is 28.8 Å². The summed E-state index contributed by atoms with van der Waals surface area (Å²) in [6.45, 7) is 0.241. The van der Waals surface area contributed by atoms with Crippen molar-refractivity contribution in [1.82, 2.24) is 15.5 Å². The SMILES string of the molecule is CSCCC(NC(=O)C(CC(N)=O)NC(=O)C(N)CC(N)=O)C(=O)N1CCCC1C(=O)O. The van der Waals surface area contributed by atoms with Crippen molar-refractivity contribution in [1.29, 1.82) is 0 Å². The van der Waals surface area contributed by atoms with Gasteiger partial charge in [-0.15, -0.1) is 0 Å². The zero-order valence-corrected chi connectivity index (χ0v) is 18.6. The molecule has 1 saturated heterocycles. The number of carbonyl (C=O) groups is 6. The third-order valence-electron chi connectivity index (χ3n) is 4.84. The molecule has 1 fully saturated rings. The van der Waals surface area contributed by atoms with Crippen LogP contribution in [0.1, 0.15) is 32.1 Å². The lowest BCUT2D eigenvalue weighted by Gasteiger charge is -2.28. The number of carboxylic acids is 1. The van der Waals surface area contributed by atoms with E-state index in [9.17, 15) is 33.9 Å². The predicted molar refractivity (Wildman–Crippen MR) is 115 cm³/mol. The van der Waals surface area contributed by atoms with Crippen molar-refractivity contribution in [3.05, 3.63) is 0 Å². The second-order valence-corrected chi connectivity index (χ2v) is 8.36. The number of nitrogens with zero attached hydrogens (tertiary/aromatic N) is 1. The summed E-state index contributed by atoms with van der Waals surface area (Å²) in [6, 6.07) is -4.84. The van der Waals surface area contributed by atoms with Crippen LogP contribution in [0, 0.1) is 0 Å². The number of amides is 5. The van der Waals surface area contributed by atoms with Crippen molar-refractivity contribution in [3.8, 4) is 0 Å². The van der Waals surface area contributed by atoms with Crippen LogP contribution in [0.2, 0.25) is 0 Å². The Balaban J connectivity index is 2.98. The number of aliphatic carboxylic acids is 1. The average Bonchev–Trinajstić information content (AvgIpc) is 3.19. The Morgan fingerprint density at radius 3 is 2.16 bits per heavy atom. The zero-order valence-electron chi connectivity index (χ0n) is 17.7. The van der Waals surface area contributed by atoms with Crippen LogP contribution in [0.15, 0.2) is 0 Å². The van der Waals surface area contributed by atoms with Crippen molar-refractivity contribution in [2.75, 3.05) is 18.6 Å². The van der Waals surface area contributed by atoms with Crippen LogP contribution in [0.4, 0.5) is 0 Å². The Labute approximate surface area is 189 Å². The molecule has 0 aromatic heterocycles. The maximum Gasteiger partial charge on any atom is 0.326 e. The molecule has 5 amide bonds. The number of rotatable bonds is 13. The first-order valence-corrected chi connectivity index (χ1v) is 11.3. The van der Waals surface area contributed by atoms with Crippen molar-refractivity contribution in [2.24, 2.45) is 17.2 Å². The molecular formula is C18H30N6O7S. The Morgan fingerprint density at radius 1 is 1.03 bits per heavy atom. The quantitative estimate of drug-likeness (QED) is 0.158. The van der Waals surface area contributed by atoms with E-state index >= 15 is 0 Å². The molecule has 14 heteroatoms. The number of carboxylic acid groups (broad SMARTS) is 1. The summed E-state index contributed by atoms with van der Waals surface area (Å²) in [5, 5.41) is 14.1. The van der Waals surface area contributed by atoms with Gasteiger partial charge in [0.05, 0.1) is 18.9 Å². The monoisotopic (exact) mass is 474 g/mol. The summed E-state index contributed by atoms with van der Waals surface area (Å²) in [7, 11) is 0. The van der Waals surface area contributed by atoms with Crippen LogP contribution >= 0.6 is 11.8 Å². The van der Waals surface area contributed by atoms with Crippen LogP contribution in [0.25, 0.3) is 0 Å². The van der Waals surface area contributed by atoms with Gasteiger partial charge in [0.1, 0.15) is 18.1 Å². The molecule has 1 aliphatic heterocycles. The average molecular weight is 475 g/mol. The number of thioether (sulfide) groups is 1. The van der Waals surface area contributed by atoms with Gasteiger partial charge in [-0.3, -0.25) is 24.0 Å². The maximum absolute atomic E-state index is 13.0. The number of primary amides is 2. The fraction of sp³-hybridized carbons (Fsp3) is 0.667. The number of likely N-dealkylation sites (tertiary alicyclic amines) is 1. The van der Waals surface area contributed by atoms with E-state index in [1.54, 1.807) is 6.26 Å². The minimum Gasteiger partial charge on any atom is -0.480 e. The predicted octanol–water partition coefficient (Wildman–Crippen LogP) is -3.14. The van der Waals surface area contributed by atoms with Gasteiger partial charge in [0.25, 0.3) is 0 Å². The zero-order chi connectivity index (χ0) is 24.4. The molecule has 13 nitrogen and oxygen atoms in total. The summed E-state index contributed by atoms with van der Waals surface area (Å²) < 4.78 is 0. The molecule has 0 aromatic carbocycles. The van der Waals surface area contributed by atoms with Gasteiger partial charge in [0.2, 0.25) is 29.5 Å². The third kappa shape index (κ3) is 8.34. The van der Waals surface area contributed by atoms with E-state index in [1.165, 1.54) is 16.7 Å². The lowest BCUT2D eigenvalue weighted by atomic mass is 10.1. The summed E-state index contributed by atoms with van der Waals surface area (Å²) in [5.41, 5.74) is 15.7. The number of carbonyl (C=O) groups excluding carboxylic acids is 5. The molecule has 0 aromatic rings. The topological polar surface area (TPSA) is 228 Å². The summed E-state index contributed by atoms with van der Waals surface area (Å²) in [4.78, 5) is 73.0. The van der Waals surface area contributed by atoms with E-state index in [0.29, 0.717) is 18.6 Å². The van der Waals surface area contributed by atoms with E-state index < -0.39 is 72.5 Å². The Bertz CT molecular complexity index is 749. The van der Waals surface area contributed by atoms with Gasteiger partial charge in [-0.05, 0) is 31.3 Å². The highest BCUT2D eigenvalue weighted by Gasteiger charge is 2.38. The molecule has 32 heavy (non-hydrogen) atoms. The lowest BCUT2D eigenvalue weighted by Crippen LogP contribution is -2.58. The number of nitrogens with two attached hydrogens (primary N) is 3. The van der Waals surface area contributed by atoms with Crippen LogP contribution in [0.3, 0.4) is 0 Å². The van der Waals surface area contributed by atoms with Gasteiger partial charge in [-0.1, -0.05) is 0 Å². The lowest BCUT2D eigenvalue weighted by molar-refractivity contribution is -0.149. The largest absolute Gasteiger partial charge is 0.480 e. The number of nitrogens with one attached hydrogen (secondary N) is 2. The smallest absolute Gasteiger partial charge is 0.326 e. The van der Waals surface area contributed by atoms with Gasteiger partial charge in [-0.25, -0.2) is 4.79 Å². The first-order chi connectivity index (χ1) is 15.0. The molecule has 9 N–H and O–H groups in total. The minimum atomic E-state index is -1.45. The molecule has 4 unspecified atom stereocenters. The van der Waals surface area contributed by atoms with Crippen molar-refractivity contribution >= 4 is 47.3 Å². The first-order valence-electron chi connectivity index (χ1n) is 9.93. The van der Waals surface area contributed by atoms with Crippen LogP contribution in [0.5, 0.6) is 0 Å². The normalized spacial score (nSPS) is 18.3. The minimum absolute atomic E-state index is 0.201. The van der Waals surface area contributed by atoms with E-state index in [1.807, 2.05) is 0 Å². The van der Waals surface area contributed by atoms with Crippen LogP contribution < -0.4 is 27.8 Å². The number of hydrogen-bond acceptors (Lipinski definition) is 8. The van der Waals surface area contributed by atoms with E-state index in [2.05, 4.69) is 10.6 Å². The van der Waals surface area contributed by atoms with Crippen LogP contribution in [-0.4, -0.2) is 88.2 Å². The molecule has 0 radical (unpaired) electrons. The van der Waals surface area contributed by atoms with Gasteiger partial charge < -0.3 is 37.8 Å². The van der Waals surface area contributed by atoms with Crippen molar-refractivity contribution in [3.63, 3.8) is 0 Å². The van der Waals surface area contributed by atoms with Crippen molar-refractivity contribution in [2.45, 2.75) is 56.3 Å². The van der Waals surface area contributed by atoms with E-state index in [4.69, 9.17) is 17.2 Å². The second kappa shape index (κ2) is 12.9. The molecule has 180 valence electrons. The second-order valence-electron chi connectivity index (χ2n) is 7.38. The molecule has 1 aliphatic rings. The molecular weight excluding hydrogens is 444 g/mol. The van der Waals surface area contributed by atoms with Gasteiger partial charge in [0, 0.05) is 6.54 Å². The molecule has 0 saturated carbocycles. The standard InChI is InChI=1S/C18H30N6O7S/c1-32-6-4-10(17(29)24-5-2-3-12(24)18(30)31)22-16(28)11(8-14(21)26)23-15(27)9(19)7-13(20)25/h9-12H,2-8,19H2,1H3,(H2,20,25)(H2,21,26)(H,22,28)(H,23,27)(H,30,31). The van der Waals surface area contributed by atoms with E-state index in [0.717, 1.165) is 0 Å². The fourth-order valence-electron chi connectivity index (χ4n) is 3.25. The highest BCUT2D eigenvalue weighted by Crippen LogP contribution is 2.19. The van der Waals surface area contributed by atoms with E-state index in [-0.39, 0.29) is 13.0 Å². The van der Waals surface area contributed by atoms with Gasteiger partial charge >= 0.3 is 5.97 Å². The molecule has 0 aliphatic carbocycles. The summed E-state index contributed by atoms with van der Waals surface area (Å²) >= 11 is 1.42. The molecule has 4 atom stereocenters. The highest BCUT2D eigenvalue weighted by molar-refractivity contribution is 7.98. The Kier molecular flexibility index (Phi) is 10.9. The molecule has 1 rings (SSSR count). The third-order valence-corrected chi connectivity index (χ3v) is 5.49. The number of hydrogen-bond donors (Lipinski definition) is 6. The molecule has 1 heterocycles.